The first-order valence-corrected chi connectivity index (χ1v) is 5.38. The molecule has 1 aromatic heterocycles. The Hall–Kier alpha value is -1.94. The summed E-state index contributed by atoms with van der Waals surface area (Å²) >= 11 is 5.66. The van der Waals surface area contributed by atoms with E-state index in [1.54, 1.807) is 0 Å². The fourth-order valence-corrected chi connectivity index (χ4v) is 1.52. The van der Waals surface area contributed by atoms with Crippen LogP contribution in [0.2, 0.25) is 5.15 Å². The number of benzene rings is 1. The first-order valence-electron chi connectivity index (χ1n) is 5.01. The van der Waals surface area contributed by atoms with Gasteiger partial charge in [0.1, 0.15) is 10.8 Å². The van der Waals surface area contributed by atoms with E-state index in [1.165, 1.54) is 12.4 Å². The highest BCUT2D eigenvalue weighted by Crippen LogP contribution is 2.11. The monoisotopic (exact) mass is 247 g/mol. The Bertz CT molecular complexity index is 557. The Labute approximate surface area is 104 Å². The van der Waals surface area contributed by atoms with Crippen molar-refractivity contribution >= 4 is 23.2 Å². The standard InChI is InChI=1S/C12H10ClN3O/c1-8-3-2-4-9(5-8)15-12(17)10-6-14-7-11(13)16-10/h2-7H,1H3,(H,15,17). The number of hydrogen-bond donors (Lipinski definition) is 1. The number of hydrogen-bond acceptors (Lipinski definition) is 3. The van der Waals surface area contributed by atoms with Crippen molar-refractivity contribution in [3.8, 4) is 0 Å². The molecule has 0 atom stereocenters. The second-order valence-electron chi connectivity index (χ2n) is 3.55. The summed E-state index contributed by atoms with van der Waals surface area (Å²) in [6.07, 6.45) is 2.75. The van der Waals surface area contributed by atoms with E-state index in [0.717, 1.165) is 11.3 Å². The molecule has 0 saturated carbocycles. The Morgan fingerprint density at radius 1 is 1.35 bits per heavy atom. The van der Waals surface area contributed by atoms with Crippen LogP contribution >= 0.6 is 11.6 Å². The lowest BCUT2D eigenvalue weighted by atomic mass is 10.2. The lowest BCUT2D eigenvalue weighted by Crippen LogP contribution is -2.14. The maximum Gasteiger partial charge on any atom is 0.275 e. The summed E-state index contributed by atoms with van der Waals surface area (Å²) in [7, 11) is 0. The third-order valence-corrected chi connectivity index (χ3v) is 2.30. The topological polar surface area (TPSA) is 54.9 Å². The Morgan fingerprint density at radius 2 is 2.18 bits per heavy atom. The number of amides is 1. The minimum absolute atomic E-state index is 0.194. The highest BCUT2D eigenvalue weighted by Gasteiger charge is 2.08. The van der Waals surface area contributed by atoms with Gasteiger partial charge in [0.15, 0.2) is 0 Å². The Balaban J connectivity index is 2.17. The van der Waals surface area contributed by atoms with E-state index in [2.05, 4.69) is 15.3 Å². The van der Waals surface area contributed by atoms with Gasteiger partial charge >= 0.3 is 0 Å². The molecule has 2 aromatic rings. The highest BCUT2D eigenvalue weighted by atomic mass is 35.5. The van der Waals surface area contributed by atoms with Crippen LogP contribution in [0.4, 0.5) is 5.69 Å². The molecule has 5 heteroatoms. The van der Waals surface area contributed by atoms with Crippen LogP contribution in [-0.4, -0.2) is 15.9 Å². The number of aryl methyl sites for hydroxylation is 1. The number of aromatic nitrogens is 2. The van der Waals surface area contributed by atoms with Crippen LogP contribution in [-0.2, 0) is 0 Å². The lowest BCUT2D eigenvalue weighted by Gasteiger charge is -2.05. The van der Waals surface area contributed by atoms with Gasteiger partial charge in [0.25, 0.3) is 5.91 Å². The first-order chi connectivity index (χ1) is 8.15. The van der Waals surface area contributed by atoms with Gasteiger partial charge in [0.05, 0.1) is 12.4 Å². The molecule has 1 amide bonds. The smallest absolute Gasteiger partial charge is 0.275 e. The minimum Gasteiger partial charge on any atom is -0.321 e. The normalized spacial score (nSPS) is 10.0. The van der Waals surface area contributed by atoms with Gasteiger partial charge < -0.3 is 5.32 Å². The molecule has 2 rings (SSSR count). The summed E-state index contributed by atoms with van der Waals surface area (Å²) < 4.78 is 0. The quantitative estimate of drug-likeness (QED) is 0.888. The van der Waals surface area contributed by atoms with Crippen molar-refractivity contribution < 1.29 is 4.79 Å². The van der Waals surface area contributed by atoms with E-state index in [4.69, 9.17) is 11.6 Å². The van der Waals surface area contributed by atoms with E-state index in [0.29, 0.717) is 0 Å². The zero-order chi connectivity index (χ0) is 12.3. The molecule has 0 aliphatic heterocycles. The van der Waals surface area contributed by atoms with Crippen LogP contribution in [0.3, 0.4) is 0 Å². The Kier molecular flexibility index (Phi) is 3.35. The van der Waals surface area contributed by atoms with Gasteiger partial charge in [-0.3, -0.25) is 9.78 Å². The van der Waals surface area contributed by atoms with Crippen LogP contribution in [0.25, 0.3) is 0 Å². The molecule has 4 nitrogen and oxygen atoms in total. The van der Waals surface area contributed by atoms with Crippen LogP contribution in [0.1, 0.15) is 16.1 Å². The van der Waals surface area contributed by atoms with Crippen LogP contribution in [0.5, 0.6) is 0 Å². The van der Waals surface area contributed by atoms with E-state index < -0.39 is 0 Å². The number of nitrogens with one attached hydrogen (secondary N) is 1. The summed E-state index contributed by atoms with van der Waals surface area (Å²) in [5.41, 5.74) is 1.98. The number of carbonyl (C=O) groups is 1. The van der Waals surface area contributed by atoms with Gasteiger partial charge in [-0.2, -0.15) is 0 Å². The van der Waals surface area contributed by atoms with E-state index in [-0.39, 0.29) is 16.8 Å². The van der Waals surface area contributed by atoms with Crippen molar-refractivity contribution in [2.24, 2.45) is 0 Å². The molecular weight excluding hydrogens is 238 g/mol. The van der Waals surface area contributed by atoms with Gasteiger partial charge in [-0.05, 0) is 24.6 Å². The fraction of sp³-hybridized carbons (Fsp3) is 0.0833. The number of nitrogens with zero attached hydrogens (tertiary/aromatic N) is 2. The number of carbonyl (C=O) groups excluding carboxylic acids is 1. The molecule has 1 aromatic carbocycles. The van der Waals surface area contributed by atoms with Crippen LogP contribution < -0.4 is 5.32 Å². The molecule has 0 unspecified atom stereocenters. The second kappa shape index (κ2) is 4.93. The van der Waals surface area contributed by atoms with E-state index in [9.17, 15) is 4.79 Å². The molecule has 1 heterocycles. The van der Waals surface area contributed by atoms with Crippen LogP contribution in [0, 0.1) is 6.92 Å². The van der Waals surface area contributed by atoms with Crippen molar-refractivity contribution in [2.75, 3.05) is 5.32 Å². The first kappa shape index (κ1) is 11.5. The SMILES string of the molecule is Cc1cccc(NC(=O)c2cncc(Cl)n2)c1. The van der Waals surface area contributed by atoms with Crippen molar-refractivity contribution in [2.45, 2.75) is 6.92 Å². The zero-order valence-electron chi connectivity index (χ0n) is 9.14. The summed E-state index contributed by atoms with van der Waals surface area (Å²) in [5.74, 6) is -0.328. The fourth-order valence-electron chi connectivity index (χ4n) is 1.37. The molecule has 0 aliphatic carbocycles. The van der Waals surface area contributed by atoms with Gasteiger partial charge in [-0.25, -0.2) is 4.98 Å². The molecule has 0 aliphatic rings. The third-order valence-electron chi connectivity index (χ3n) is 2.11. The molecule has 86 valence electrons. The number of rotatable bonds is 2. The van der Waals surface area contributed by atoms with Crippen molar-refractivity contribution in [3.05, 3.63) is 53.1 Å². The molecule has 17 heavy (non-hydrogen) atoms. The van der Waals surface area contributed by atoms with Gasteiger partial charge in [0.2, 0.25) is 0 Å². The maximum atomic E-state index is 11.8. The predicted molar refractivity (Wildman–Crippen MR) is 66.2 cm³/mol. The molecule has 1 N–H and O–H groups in total. The number of anilines is 1. The largest absolute Gasteiger partial charge is 0.321 e. The van der Waals surface area contributed by atoms with Crippen molar-refractivity contribution in [1.82, 2.24) is 9.97 Å². The Morgan fingerprint density at radius 3 is 2.88 bits per heavy atom. The summed E-state index contributed by atoms with van der Waals surface area (Å²) in [4.78, 5) is 19.5. The zero-order valence-corrected chi connectivity index (χ0v) is 9.90. The predicted octanol–water partition coefficient (Wildman–Crippen LogP) is 2.69. The van der Waals surface area contributed by atoms with Crippen molar-refractivity contribution in [1.29, 1.82) is 0 Å². The molecular formula is C12H10ClN3O. The van der Waals surface area contributed by atoms with Gasteiger partial charge in [-0.15, -0.1) is 0 Å². The molecule has 0 spiro atoms. The lowest BCUT2D eigenvalue weighted by molar-refractivity contribution is 0.102. The highest BCUT2D eigenvalue weighted by molar-refractivity contribution is 6.29. The third kappa shape index (κ3) is 3.01. The summed E-state index contributed by atoms with van der Waals surface area (Å²) in [6.45, 7) is 1.95. The number of halogens is 1. The molecule has 0 fully saturated rings. The average Bonchev–Trinajstić information content (AvgIpc) is 2.29. The summed E-state index contributed by atoms with van der Waals surface area (Å²) in [6, 6.07) is 7.50. The second-order valence-corrected chi connectivity index (χ2v) is 3.94. The summed E-state index contributed by atoms with van der Waals surface area (Å²) in [5, 5.41) is 2.92. The maximum absolute atomic E-state index is 11.8. The molecule has 0 bridgehead atoms. The van der Waals surface area contributed by atoms with Gasteiger partial charge in [-0.1, -0.05) is 23.7 Å². The minimum atomic E-state index is -0.328. The van der Waals surface area contributed by atoms with Gasteiger partial charge in [0, 0.05) is 5.69 Å². The van der Waals surface area contributed by atoms with Crippen LogP contribution in [0.15, 0.2) is 36.7 Å². The van der Waals surface area contributed by atoms with Crippen molar-refractivity contribution in [3.63, 3.8) is 0 Å². The van der Waals surface area contributed by atoms with E-state index >= 15 is 0 Å². The average molecular weight is 248 g/mol. The van der Waals surface area contributed by atoms with E-state index in [1.807, 2.05) is 31.2 Å². The molecule has 0 radical (unpaired) electrons. The molecule has 0 saturated heterocycles.